The van der Waals surface area contributed by atoms with E-state index in [1.165, 1.54) is 0 Å². The van der Waals surface area contributed by atoms with Crippen LogP contribution >= 0.6 is 0 Å². The van der Waals surface area contributed by atoms with Gasteiger partial charge in [-0.2, -0.15) is 5.10 Å². The quantitative estimate of drug-likeness (QED) is 0.135. The van der Waals surface area contributed by atoms with Crippen LogP contribution in [0.2, 0.25) is 0 Å². The number of anilines is 1. The fraction of sp³-hybridized carbons (Fsp3) is 0.378. The maximum atomic E-state index is 13.7. The lowest BCUT2D eigenvalue weighted by Crippen LogP contribution is -2.48. The molecule has 252 valence electrons. The van der Waals surface area contributed by atoms with Gasteiger partial charge in [0.05, 0.1) is 17.3 Å². The SMILES string of the molecule is Cc1cc(C(=O)O)ccc1-c1ccc(C[C@H](NC(=O)C2CCC(CNC(=O)OC(C)(C)C)CC2)C(=O)Nc2ccc3cn[nH]c3c2)cc1. The number of hydrogen-bond acceptors (Lipinski definition) is 6. The number of amides is 3. The van der Waals surface area contributed by atoms with E-state index in [0.29, 0.717) is 25.1 Å². The molecule has 0 bridgehead atoms. The number of carbonyl (C=O) groups is 4. The van der Waals surface area contributed by atoms with E-state index in [4.69, 9.17) is 4.74 Å². The fourth-order valence-electron chi connectivity index (χ4n) is 6.09. The second kappa shape index (κ2) is 14.7. The summed E-state index contributed by atoms with van der Waals surface area (Å²) in [5.41, 5.74) is 4.58. The molecule has 1 aliphatic carbocycles. The molecule has 1 aromatic heterocycles. The topological polar surface area (TPSA) is 163 Å². The summed E-state index contributed by atoms with van der Waals surface area (Å²) in [4.78, 5) is 50.6. The molecule has 4 aromatic rings. The van der Waals surface area contributed by atoms with Gasteiger partial charge in [0.25, 0.3) is 0 Å². The van der Waals surface area contributed by atoms with E-state index in [2.05, 4.69) is 26.1 Å². The van der Waals surface area contributed by atoms with Crippen LogP contribution in [0.1, 0.15) is 67.9 Å². The van der Waals surface area contributed by atoms with Gasteiger partial charge in [0.2, 0.25) is 11.8 Å². The zero-order chi connectivity index (χ0) is 34.4. The Morgan fingerprint density at radius 3 is 2.38 bits per heavy atom. The van der Waals surface area contributed by atoms with Crippen molar-refractivity contribution in [1.82, 2.24) is 20.8 Å². The minimum Gasteiger partial charge on any atom is -0.478 e. The second-order valence-corrected chi connectivity index (χ2v) is 13.6. The Bertz CT molecular complexity index is 1780. The summed E-state index contributed by atoms with van der Waals surface area (Å²) in [6.45, 7) is 7.83. The first kappa shape index (κ1) is 34.2. The van der Waals surface area contributed by atoms with Crippen molar-refractivity contribution < 1.29 is 29.0 Å². The molecule has 11 heteroatoms. The number of hydrogen-bond donors (Lipinski definition) is 5. The van der Waals surface area contributed by atoms with Crippen molar-refractivity contribution >= 4 is 40.5 Å². The molecule has 0 spiro atoms. The van der Waals surface area contributed by atoms with E-state index in [0.717, 1.165) is 46.0 Å². The van der Waals surface area contributed by atoms with Crippen molar-refractivity contribution in [1.29, 1.82) is 0 Å². The van der Waals surface area contributed by atoms with E-state index >= 15 is 0 Å². The highest BCUT2D eigenvalue weighted by atomic mass is 16.6. The predicted octanol–water partition coefficient (Wildman–Crippen LogP) is 6.23. The molecule has 3 amide bonds. The maximum absolute atomic E-state index is 13.7. The summed E-state index contributed by atoms with van der Waals surface area (Å²) in [5, 5.41) is 26.0. The Morgan fingerprint density at radius 2 is 1.71 bits per heavy atom. The van der Waals surface area contributed by atoms with Crippen LogP contribution in [0.3, 0.4) is 0 Å². The largest absolute Gasteiger partial charge is 0.478 e. The van der Waals surface area contributed by atoms with Gasteiger partial charge in [0.1, 0.15) is 11.6 Å². The third kappa shape index (κ3) is 8.99. The normalized spacial score (nSPS) is 16.9. The van der Waals surface area contributed by atoms with Crippen molar-refractivity contribution in [3.8, 4) is 11.1 Å². The van der Waals surface area contributed by atoms with Gasteiger partial charge < -0.3 is 25.8 Å². The average molecular weight is 654 g/mol. The molecule has 1 fully saturated rings. The number of nitrogens with one attached hydrogen (secondary N) is 4. The molecule has 5 rings (SSSR count). The van der Waals surface area contributed by atoms with Crippen LogP contribution in [0, 0.1) is 18.8 Å². The highest BCUT2D eigenvalue weighted by Crippen LogP contribution is 2.29. The third-order valence-corrected chi connectivity index (χ3v) is 8.67. The molecule has 1 heterocycles. The molecule has 1 atom stereocenters. The number of alkyl carbamates (subject to hydrolysis) is 1. The molecular weight excluding hydrogens is 610 g/mol. The third-order valence-electron chi connectivity index (χ3n) is 8.67. The van der Waals surface area contributed by atoms with Gasteiger partial charge in [-0.15, -0.1) is 0 Å². The number of aromatic amines is 1. The number of rotatable bonds is 10. The summed E-state index contributed by atoms with van der Waals surface area (Å²) in [6, 6.07) is 17.4. The minimum atomic E-state index is -0.973. The standard InChI is InChI=1S/C37H43N5O6/c1-22-17-27(35(45)46)14-16-30(22)25-9-5-23(6-10-25)18-32(34(44)40-29-15-13-28-21-39-42-31(28)19-29)41-33(43)26-11-7-24(8-12-26)20-38-36(47)48-37(2,3)4/h5-6,9-10,13-17,19,21,24,26,32H,7-8,11-12,18,20H2,1-4H3,(H,38,47)(H,39,42)(H,40,44)(H,41,43)(H,45,46)/t24?,26?,32-/m0/s1. The predicted molar refractivity (Wildman–Crippen MR) is 184 cm³/mol. The van der Waals surface area contributed by atoms with Gasteiger partial charge in [0.15, 0.2) is 0 Å². The van der Waals surface area contributed by atoms with Crippen LogP contribution in [0.25, 0.3) is 22.0 Å². The molecule has 0 saturated heterocycles. The summed E-state index contributed by atoms with van der Waals surface area (Å²) in [7, 11) is 0. The molecule has 5 N–H and O–H groups in total. The number of ether oxygens (including phenoxy) is 1. The van der Waals surface area contributed by atoms with Gasteiger partial charge in [-0.3, -0.25) is 14.7 Å². The maximum Gasteiger partial charge on any atom is 0.407 e. The number of carbonyl (C=O) groups excluding carboxylic acids is 3. The summed E-state index contributed by atoms with van der Waals surface area (Å²) in [5.74, 6) is -1.46. The number of aromatic nitrogens is 2. The number of carboxylic acid groups (broad SMARTS) is 1. The van der Waals surface area contributed by atoms with Crippen LogP contribution in [0.5, 0.6) is 0 Å². The molecule has 11 nitrogen and oxygen atoms in total. The van der Waals surface area contributed by atoms with E-state index in [1.54, 1.807) is 36.5 Å². The number of aromatic carboxylic acids is 1. The number of carboxylic acids is 1. The number of benzene rings is 3. The van der Waals surface area contributed by atoms with E-state index in [9.17, 15) is 24.3 Å². The van der Waals surface area contributed by atoms with Crippen LogP contribution in [-0.4, -0.2) is 57.4 Å². The van der Waals surface area contributed by atoms with Crippen molar-refractivity contribution in [3.63, 3.8) is 0 Å². The molecule has 0 unspecified atom stereocenters. The van der Waals surface area contributed by atoms with Crippen molar-refractivity contribution in [2.24, 2.45) is 11.8 Å². The van der Waals surface area contributed by atoms with Gasteiger partial charge in [-0.05, 0) is 112 Å². The van der Waals surface area contributed by atoms with Crippen molar-refractivity contribution in [2.45, 2.75) is 71.4 Å². The Kier molecular flexibility index (Phi) is 10.5. The van der Waals surface area contributed by atoms with Gasteiger partial charge >= 0.3 is 12.1 Å². The van der Waals surface area contributed by atoms with Crippen LogP contribution in [0.15, 0.2) is 66.9 Å². The van der Waals surface area contributed by atoms with Gasteiger partial charge in [0, 0.05) is 30.0 Å². The molecular formula is C37H43N5O6. The highest BCUT2D eigenvalue weighted by Gasteiger charge is 2.30. The molecule has 3 aromatic carbocycles. The van der Waals surface area contributed by atoms with Crippen LogP contribution in [0.4, 0.5) is 10.5 Å². The summed E-state index contributed by atoms with van der Waals surface area (Å²) < 4.78 is 5.33. The molecule has 0 aliphatic heterocycles. The summed E-state index contributed by atoms with van der Waals surface area (Å²) in [6.07, 6.45) is 4.42. The highest BCUT2D eigenvalue weighted by molar-refractivity contribution is 5.99. The first-order chi connectivity index (χ1) is 22.8. The van der Waals surface area contributed by atoms with Gasteiger partial charge in [-0.25, -0.2) is 9.59 Å². The second-order valence-electron chi connectivity index (χ2n) is 13.6. The Labute approximate surface area is 279 Å². The first-order valence-electron chi connectivity index (χ1n) is 16.3. The fourth-order valence-corrected chi connectivity index (χ4v) is 6.09. The minimum absolute atomic E-state index is 0.163. The number of nitrogens with zero attached hydrogens (tertiary/aromatic N) is 1. The summed E-state index contributed by atoms with van der Waals surface area (Å²) >= 11 is 0. The molecule has 48 heavy (non-hydrogen) atoms. The lowest BCUT2D eigenvalue weighted by atomic mass is 9.81. The van der Waals surface area contributed by atoms with Crippen LogP contribution in [-0.2, 0) is 20.7 Å². The van der Waals surface area contributed by atoms with E-state index in [1.807, 2.05) is 58.0 Å². The lowest BCUT2D eigenvalue weighted by Gasteiger charge is -2.29. The Balaban J connectivity index is 1.25. The smallest absolute Gasteiger partial charge is 0.407 e. The Hall–Kier alpha value is -5.19. The van der Waals surface area contributed by atoms with Crippen LogP contribution < -0.4 is 16.0 Å². The van der Waals surface area contributed by atoms with Gasteiger partial charge in [-0.1, -0.05) is 30.3 Å². The van der Waals surface area contributed by atoms with Crippen molar-refractivity contribution in [2.75, 3.05) is 11.9 Å². The van der Waals surface area contributed by atoms with E-state index < -0.39 is 23.7 Å². The monoisotopic (exact) mass is 653 g/mol. The zero-order valence-corrected chi connectivity index (χ0v) is 27.8. The molecule has 1 saturated carbocycles. The number of H-pyrrole nitrogens is 1. The first-order valence-corrected chi connectivity index (χ1v) is 16.3. The molecule has 1 aliphatic rings. The Morgan fingerprint density at radius 1 is 0.979 bits per heavy atom. The van der Waals surface area contributed by atoms with E-state index in [-0.39, 0.29) is 35.6 Å². The zero-order valence-electron chi connectivity index (χ0n) is 27.8. The number of aryl methyl sites for hydroxylation is 1. The molecule has 0 radical (unpaired) electrons. The van der Waals surface area contributed by atoms with Crippen molar-refractivity contribution in [3.05, 3.63) is 83.6 Å². The number of fused-ring (bicyclic) bond motifs is 1. The lowest BCUT2D eigenvalue weighted by molar-refractivity contribution is -0.130. The average Bonchev–Trinajstić information content (AvgIpc) is 3.51.